The molecular weight excluding hydrogens is 328 g/mol. The molecule has 1 atom stereocenters. The van der Waals surface area contributed by atoms with E-state index < -0.39 is 0 Å². The van der Waals surface area contributed by atoms with Crippen LogP contribution >= 0.6 is 22.9 Å². The topological polar surface area (TPSA) is 33.2 Å². The second kappa shape index (κ2) is 5.95. The van der Waals surface area contributed by atoms with Crippen LogP contribution in [0.25, 0.3) is 10.1 Å². The second-order valence-electron chi connectivity index (χ2n) is 5.73. The average molecular weight is 343 g/mol. The number of halogens is 1. The number of aromatic nitrogens is 1. The molecule has 1 aromatic carbocycles. The monoisotopic (exact) mass is 342 g/mol. The molecule has 3 aromatic rings. The molecule has 1 aliphatic heterocycles. The minimum absolute atomic E-state index is 0.0367. The van der Waals surface area contributed by atoms with Crippen LogP contribution in [0.4, 0.5) is 0 Å². The zero-order valence-corrected chi connectivity index (χ0v) is 14.0. The van der Waals surface area contributed by atoms with Crippen molar-refractivity contribution < 1.29 is 4.79 Å². The van der Waals surface area contributed by atoms with Gasteiger partial charge in [-0.15, -0.1) is 11.3 Å². The number of pyridine rings is 1. The van der Waals surface area contributed by atoms with Crippen LogP contribution < -0.4 is 0 Å². The Balaban J connectivity index is 1.59. The van der Waals surface area contributed by atoms with Crippen LogP contribution in [0.3, 0.4) is 0 Å². The number of carbonyl (C=O) groups excluding carboxylic acids is 1. The maximum Gasteiger partial charge on any atom is 0.265 e. The van der Waals surface area contributed by atoms with E-state index in [-0.39, 0.29) is 5.91 Å². The predicted octanol–water partition coefficient (Wildman–Crippen LogP) is 4.58. The van der Waals surface area contributed by atoms with Crippen molar-refractivity contribution in [2.75, 3.05) is 13.1 Å². The number of amides is 1. The lowest BCUT2D eigenvalue weighted by molar-refractivity contribution is 0.0795. The molecule has 3 heterocycles. The van der Waals surface area contributed by atoms with Crippen molar-refractivity contribution in [1.29, 1.82) is 0 Å². The summed E-state index contributed by atoms with van der Waals surface area (Å²) in [5.74, 6) is 0.350. The highest BCUT2D eigenvalue weighted by Crippen LogP contribution is 2.37. The van der Waals surface area contributed by atoms with Crippen molar-refractivity contribution in [3.63, 3.8) is 0 Å². The summed E-state index contributed by atoms with van der Waals surface area (Å²) in [5, 5.41) is 1.54. The van der Waals surface area contributed by atoms with Gasteiger partial charge in [0.15, 0.2) is 0 Å². The highest BCUT2D eigenvalue weighted by Gasteiger charge is 2.30. The van der Waals surface area contributed by atoms with Gasteiger partial charge in [-0.25, -0.2) is 0 Å². The first kappa shape index (κ1) is 14.7. The van der Waals surface area contributed by atoms with E-state index in [0.29, 0.717) is 22.4 Å². The molecule has 2 aromatic heterocycles. The van der Waals surface area contributed by atoms with Crippen molar-refractivity contribution in [1.82, 2.24) is 9.88 Å². The fraction of sp³-hybridized carbons (Fsp3) is 0.222. The molecular formula is C18H15ClN2OS. The van der Waals surface area contributed by atoms with Crippen LogP contribution in [0.5, 0.6) is 0 Å². The van der Waals surface area contributed by atoms with Gasteiger partial charge in [-0.2, -0.15) is 0 Å². The molecule has 116 valence electrons. The van der Waals surface area contributed by atoms with Crippen molar-refractivity contribution in [2.24, 2.45) is 0 Å². The van der Waals surface area contributed by atoms with Gasteiger partial charge in [-0.1, -0.05) is 35.9 Å². The minimum atomic E-state index is 0.0367. The molecule has 1 aliphatic rings. The Bertz CT molecular complexity index is 862. The van der Waals surface area contributed by atoms with E-state index in [1.54, 1.807) is 0 Å². The molecule has 1 saturated heterocycles. The molecule has 1 unspecified atom stereocenters. The number of carbonyl (C=O) groups is 1. The van der Waals surface area contributed by atoms with Crippen LogP contribution in [0.15, 0.2) is 48.7 Å². The number of benzene rings is 1. The smallest absolute Gasteiger partial charge is 0.265 e. The van der Waals surface area contributed by atoms with E-state index in [2.05, 4.69) is 4.98 Å². The van der Waals surface area contributed by atoms with Crippen LogP contribution in [0.2, 0.25) is 5.02 Å². The Kier molecular flexibility index (Phi) is 3.79. The third-order valence-corrected chi connectivity index (χ3v) is 5.97. The van der Waals surface area contributed by atoms with Gasteiger partial charge in [0.2, 0.25) is 0 Å². The molecule has 3 nitrogen and oxygen atoms in total. The largest absolute Gasteiger partial charge is 0.337 e. The van der Waals surface area contributed by atoms with Crippen molar-refractivity contribution in [2.45, 2.75) is 12.3 Å². The number of nitrogens with zero attached hydrogens (tertiary/aromatic N) is 2. The van der Waals surface area contributed by atoms with Crippen LogP contribution in [0.1, 0.15) is 27.7 Å². The molecule has 1 fully saturated rings. The SMILES string of the molecule is O=C(c1sc2ccccc2c1Cl)N1CCC(c2ccccn2)C1. The highest BCUT2D eigenvalue weighted by atomic mass is 35.5. The van der Waals surface area contributed by atoms with Crippen LogP contribution in [0, 0.1) is 0 Å². The second-order valence-corrected chi connectivity index (χ2v) is 7.16. The van der Waals surface area contributed by atoms with Gasteiger partial charge in [0, 0.05) is 41.0 Å². The zero-order chi connectivity index (χ0) is 15.8. The van der Waals surface area contributed by atoms with Gasteiger partial charge in [0.1, 0.15) is 4.88 Å². The Morgan fingerprint density at radius 1 is 1.22 bits per heavy atom. The molecule has 1 amide bonds. The standard InChI is InChI=1S/C18H15ClN2OS/c19-16-13-5-1-2-7-15(13)23-17(16)18(22)21-10-8-12(11-21)14-6-3-4-9-20-14/h1-7,9,12H,8,10-11H2. The molecule has 0 N–H and O–H groups in total. The number of hydrogen-bond donors (Lipinski definition) is 0. The molecule has 0 saturated carbocycles. The predicted molar refractivity (Wildman–Crippen MR) is 94.3 cm³/mol. The van der Waals surface area contributed by atoms with E-state index in [4.69, 9.17) is 11.6 Å². The van der Waals surface area contributed by atoms with E-state index in [1.165, 1.54) is 11.3 Å². The number of hydrogen-bond acceptors (Lipinski definition) is 3. The van der Waals surface area contributed by atoms with E-state index >= 15 is 0 Å². The molecule has 0 bridgehead atoms. The first-order valence-electron chi connectivity index (χ1n) is 7.61. The Hall–Kier alpha value is -1.91. The maximum absolute atomic E-state index is 12.8. The molecule has 0 radical (unpaired) electrons. The third-order valence-electron chi connectivity index (χ3n) is 4.31. The normalized spacial score (nSPS) is 17.8. The van der Waals surface area contributed by atoms with Crippen LogP contribution in [-0.4, -0.2) is 28.9 Å². The fourth-order valence-corrected chi connectivity index (χ4v) is 4.58. The summed E-state index contributed by atoms with van der Waals surface area (Å²) >= 11 is 7.91. The maximum atomic E-state index is 12.8. The summed E-state index contributed by atoms with van der Waals surface area (Å²) in [4.78, 5) is 19.8. The van der Waals surface area contributed by atoms with Crippen LogP contribution in [-0.2, 0) is 0 Å². The lowest BCUT2D eigenvalue weighted by atomic mass is 10.0. The van der Waals surface area contributed by atoms with Crippen molar-refractivity contribution in [3.8, 4) is 0 Å². The first-order chi connectivity index (χ1) is 11.2. The van der Waals surface area contributed by atoms with E-state index in [0.717, 1.165) is 28.7 Å². The Labute approximate surface area is 143 Å². The van der Waals surface area contributed by atoms with Gasteiger partial charge in [-0.3, -0.25) is 9.78 Å². The number of fused-ring (bicyclic) bond motifs is 1. The summed E-state index contributed by atoms with van der Waals surface area (Å²) in [6, 6.07) is 13.8. The van der Waals surface area contributed by atoms with Gasteiger partial charge < -0.3 is 4.90 Å². The third kappa shape index (κ3) is 2.62. The summed E-state index contributed by atoms with van der Waals surface area (Å²) in [5.41, 5.74) is 1.06. The first-order valence-corrected chi connectivity index (χ1v) is 8.80. The van der Waals surface area contributed by atoms with E-state index in [9.17, 15) is 4.79 Å². The lowest BCUT2D eigenvalue weighted by Gasteiger charge is -2.15. The summed E-state index contributed by atoms with van der Waals surface area (Å²) in [6.07, 6.45) is 2.76. The molecule has 5 heteroatoms. The highest BCUT2D eigenvalue weighted by molar-refractivity contribution is 7.21. The summed E-state index contributed by atoms with van der Waals surface area (Å²) in [7, 11) is 0. The van der Waals surface area contributed by atoms with E-state index in [1.807, 2.05) is 53.6 Å². The lowest BCUT2D eigenvalue weighted by Crippen LogP contribution is -2.28. The summed E-state index contributed by atoms with van der Waals surface area (Å²) in [6.45, 7) is 1.46. The summed E-state index contributed by atoms with van der Waals surface area (Å²) < 4.78 is 1.06. The number of likely N-dealkylation sites (tertiary alicyclic amines) is 1. The zero-order valence-electron chi connectivity index (χ0n) is 12.4. The Morgan fingerprint density at radius 3 is 2.83 bits per heavy atom. The van der Waals surface area contributed by atoms with Gasteiger partial charge in [0.25, 0.3) is 5.91 Å². The quantitative estimate of drug-likeness (QED) is 0.683. The van der Waals surface area contributed by atoms with Crippen molar-refractivity contribution >= 4 is 38.9 Å². The molecule has 23 heavy (non-hydrogen) atoms. The van der Waals surface area contributed by atoms with Gasteiger partial charge >= 0.3 is 0 Å². The molecule has 0 aliphatic carbocycles. The Morgan fingerprint density at radius 2 is 2.04 bits per heavy atom. The number of thiophene rings is 1. The average Bonchev–Trinajstić information content (AvgIpc) is 3.21. The van der Waals surface area contributed by atoms with Crippen molar-refractivity contribution in [3.05, 3.63) is 64.3 Å². The fourth-order valence-electron chi connectivity index (χ4n) is 3.10. The van der Waals surface area contributed by atoms with Gasteiger partial charge in [-0.05, 0) is 24.6 Å². The molecule has 0 spiro atoms. The molecule has 4 rings (SSSR count). The minimum Gasteiger partial charge on any atom is -0.337 e. The number of rotatable bonds is 2. The van der Waals surface area contributed by atoms with Gasteiger partial charge in [0.05, 0.1) is 5.02 Å².